The van der Waals surface area contributed by atoms with E-state index in [1.807, 2.05) is 42.5 Å². The van der Waals surface area contributed by atoms with E-state index in [0.29, 0.717) is 12.2 Å². The third-order valence-corrected chi connectivity index (χ3v) is 3.29. The molecule has 0 saturated heterocycles. The first-order valence-electron chi connectivity index (χ1n) is 7.42. The maximum Gasteiger partial charge on any atom is 0.335 e. The highest BCUT2D eigenvalue weighted by molar-refractivity contribution is 5.88. The summed E-state index contributed by atoms with van der Waals surface area (Å²) in [5.74, 6) is -0.0847. The van der Waals surface area contributed by atoms with Gasteiger partial charge in [-0.3, -0.25) is 0 Å². The van der Waals surface area contributed by atoms with Gasteiger partial charge in [-0.05, 0) is 41.8 Å². The minimum atomic E-state index is -0.911. The zero-order valence-corrected chi connectivity index (χ0v) is 12.7. The van der Waals surface area contributed by atoms with Crippen molar-refractivity contribution in [1.82, 2.24) is 0 Å². The zero-order chi connectivity index (χ0) is 15.8. The number of aromatic carboxylic acids is 1. The molecular weight excluding hydrogens is 276 g/mol. The van der Waals surface area contributed by atoms with Crippen molar-refractivity contribution in [3.8, 4) is 16.9 Å². The summed E-state index contributed by atoms with van der Waals surface area (Å²) in [5, 5.41) is 8.90. The zero-order valence-electron chi connectivity index (χ0n) is 12.7. The Morgan fingerprint density at radius 3 is 2.14 bits per heavy atom. The van der Waals surface area contributed by atoms with E-state index in [4.69, 9.17) is 9.84 Å². The second kappa shape index (κ2) is 8.03. The smallest absolute Gasteiger partial charge is 0.335 e. The number of rotatable bonds is 7. The molecule has 0 saturated carbocycles. The van der Waals surface area contributed by atoms with Crippen molar-refractivity contribution < 1.29 is 14.6 Å². The van der Waals surface area contributed by atoms with Crippen LogP contribution >= 0.6 is 0 Å². The predicted molar refractivity (Wildman–Crippen MR) is 88.4 cm³/mol. The lowest BCUT2D eigenvalue weighted by molar-refractivity contribution is 0.0697. The van der Waals surface area contributed by atoms with E-state index in [1.54, 1.807) is 12.1 Å². The molecular formula is C19H20O3. The molecule has 3 heteroatoms. The van der Waals surface area contributed by atoms with Crippen molar-refractivity contribution in [2.45, 2.75) is 19.8 Å². The van der Waals surface area contributed by atoms with E-state index in [-0.39, 0.29) is 0 Å². The van der Waals surface area contributed by atoms with Crippen LogP contribution < -0.4 is 4.74 Å². The van der Waals surface area contributed by atoms with E-state index in [9.17, 15) is 4.79 Å². The van der Waals surface area contributed by atoms with Crippen LogP contribution in [0.2, 0.25) is 0 Å². The molecule has 0 unspecified atom stereocenters. The standard InChI is InChI=1S/C19H20O3/c1-2-3-4-5-14-22-18-12-10-16(11-13-18)15-6-8-17(9-7-15)19(20)21/h4-13H,2-3,14H2,1H3,(H,20,21)/b5-4+. The summed E-state index contributed by atoms with van der Waals surface area (Å²) in [4.78, 5) is 10.8. The highest BCUT2D eigenvalue weighted by atomic mass is 16.5. The monoisotopic (exact) mass is 296 g/mol. The molecule has 0 fully saturated rings. The van der Waals surface area contributed by atoms with Gasteiger partial charge in [0.25, 0.3) is 0 Å². The van der Waals surface area contributed by atoms with Gasteiger partial charge < -0.3 is 9.84 Å². The third kappa shape index (κ3) is 4.48. The summed E-state index contributed by atoms with van der Waals surface area (Å²) in [7, 11) is 0. The molecule has 22 heavy (non-hydrogen) atoms. The van der Waals surface area contributed by atoms with E-state index < -0.39 is 5.97 Å². The van der Waals surface area contributed by atoms with Crippen LogP contribution in [0.5, 0.6) is 5.75 Å². The van der Waals surface area contributed by atoms with Gasteiger partial charge in [0.2, 0.25) is 0 Å². The second-order valence-electron chi connectivity index (χ2n) is 4.98. The molecule has 0 spiro atoms. The number of carbonyl (C=O) groups is 1. The highest BCUT2D eigenvalue weighted by Gasteiger charge is 2.03. The first-order valence-corrected chi connectivity index (χ1v) is 7.42. The van der Waals surface area contributed by atoms with Gasteiger partial charge in [-0.25, -0.2) is 4.79 Å². The average molecular weight is 296 g/mol. The maximum atomic E-state index is 10.8. The SMILES string of the molecule is CCC/C=C/COc1ccc(-c2ccc(C(=O)O)cc2)cc1. The van der Waals surface area contributed by atoms with Crippen LogP contribution in [-0.4, -0.2) is 17.7 Å². The largest absolute Gasteiger partial charge is 0.490 e. The van der Waals surface area contributed by atoms with Gasteiger partial charge in [0.05, 0.1) is 5.56 Å². The van der Waals surface area contributed by atoms with Gasteiger partial charge in [-0.15, -0.1) is 0 Å². The molecule has 0 aliphatic heterocycles. The second-order valence-corrected chi connectivity index (χ2v) is 4.98. The van der Waals surface area contributed by atoms with Crippen molar-refractivity contribution in [3.63, 3.8) is 0 Å². The Labute approximate surface area is 130 Å². The van der Waals surface area contributed by atoms with E-state index >= 15 is 0 Å². The maximum absolute atomic E-state index is 10.8. The third-order valence-electron chi connectivity index (χ3n) is 3.29. The van der Waals surface area contributed by atoms with Gasteiger partial charge in [-0.1, -0.05) is 49.8 Å². The molecule has 1 N–H and O–H groups in total. The van der Waals surface area contributed by atoms with Crippen molar-refractivity contribution >= 4 is 5.97 Å². The van der Waals surface area contributed by atoms with Crippen molar-refractivity contribution in [3.05, 3.63) is 66.2 Å². The predicted octanol–water partition coefficient (Wildman–Crippen LogP) is 4.79. The molecule has 0 atom stereocenters. The lowest BCUT2D eigenvalue weighted by Crippen LogP contribution is -1.95. The Kier molecular flexibility index (Phi) is 5.78. The van der Waals surface area contributed by atoms with Gasteiger partial charge in [0.15, 0.2) is 0 Å². The molecule has 2 aromatic rings. The molecule has 2 rings (SSSR count). The van der Waals surface area contributed by atoms with Gasteiger partial charge in [-0.2, -0.15) is 0 Å². The summed E-state index contributed by atoms with van der Waals surface area (Å²) in [6, 6.07) is 14.6. The number of unbranched alkanes of at least 4 members (excludes halogenated alkanes) is 1. The minimum absolute atomic E-state index is 0.294. The molecule has 3 nitrogen and oxygen atoms in total. The molecule has 0 radical (unpaired) electrons. The Bertz CT molecular complexity index is 625. The number of hydrogen-bond donors (Lipinski definition) is 1. The normalized spacial score (nSPS) is 10.8. The first kappa shape index (κ1) is 15.8. The number of carboxylic acids is 1. The average Bonchev–Trinajstić information content (AvgIpc) is 2.55. The molecule has 0 amide bonds. The van der Waals surface area contributed by atoms with Crippen LogP contribution in [-0.2, 0) is 0 Å². The van der Waals surface area contributed by atoms with Crippen LogP contribution in [0.25, 0.3) is 11.1 Å². The van der Waals surface area contributed by atoms with Crippen molar-refractivity contribution in [2.75, 3.05) is 6.61 Å². The lowest BCUT2D eigenvalue weighted by atomic mass is 10.0. The van der Waals surface area contributed by atoms with E-state index in [1.165, 1.54) is 0 Å². The van der Waals surface area contributed by atoms with Gasteiger partial charge in [0.1, 0.15) is 12.4 Å². The first-order chi connectivity index (χ1) is 10.7. The number of allylic oxidation sites excluding steroid dienone is 1. The fraction of sp³-hybridized carbons (Fsp3) is 0.211. The van der Waals surface area contributed by atoms with Crippen LogP contribution in [0, 0.1) is 0 Å². The van der Waals surface area contributed by atoms with E-state index in [2.05, 4.69) is 13.0 Å². The fourth-order valence-corrected chi connectivity index (χ4v) is 2.05. The van der Waals surface area contributed by atoms with Crippen molar-refractivity contribution in [2.24, 2.45) is 0 Å². The molecule has 114 valence electrons. The summed E-state index contributed by atoms with van der Waals surface area (Å²) >= 11 is 0. The molecule has 0 aliphatic rings. The Morgan fingerprint density at radius 1 is 1.00 bits per heavy atom. The van der Waals surface area contributed by atoms with Crippen molar-refractivity contribution in [1.29, 1.82) is 0 Å². The molecule has 0 bridgehead atoms. The Hall–Kier alpha value is -2.55. The van der Waals surface area contributed by atoms with Crippen LogP contribution in [0.4, 0.5) is 0 Å². The topological polar surface area (TPSA) is 46.5 Å². The molecule has 0 aliphatic carbocycles. The quantitative estimate of drug-likeness (QED) is 0.747. The molecule has 0 aromatic heterocycles. The highest BCUT2D eigenvalue weighted by Crippen LogP contribution is 2.22. The number of benzene rings is 2. The molecule has 2 aromatic carbocycles. The fourth-order valence-electron chi connectivity index (χ4n) is 2.05. The van der Waals surface area contributed by atoms with Crippen LogP contribution in [0.1, 0.15) is 30.1 Å². The lowest BCUT2D eigenvalue weighted by Gasteiger charge is -2.06. The Morgan fingerprint density at radius 2 is 1.59 bits per heavy atom. The summed E-state index contributed by atoms with van der Waals surface area (Å²) in [6.45, 7) is 2.72. The van der Waals surface area contributed by atoms with Gasteiger partial charge >= 0.3 is 5.97 Å². The number of hydrogen-bond acceptors (Lipinski definition) is 2. The Balaban J connectivity index is 1.97. The number of carboxylic acid groups (broad SMARTS) is 1. The van der Waals surface area contributed by atoms with E-state index in [0.717, 1.165) is 29.7 Å². The minimum Gasteiger partial charge on any atom is -0.490 e. The summed E-state index contributed by atoms with van der Waals surface area (Å²) in [6.07, 6.45) is 6.38. The summed E-state index contributed by atoms with van der Waals surface area (Å²) in [5.41, 5.74) is 2.31. The summed E-state index contributed by atoms with van der Waals surface area (Å²) < 4.78 is 5.63. The van der Waals surface area contributed by atoms with Gasteiger partial charge in [0, 0.05) is 0 Å². The van der Waals surface area contributed by atoms with Crippen LogP contribution in [0.3, 0.4) is 0 Å². The molecule has 0 heterocycles. The number of ether oxygens (including phenoxy) is 1. The van der Waals surface area contributed by atoms with Crippen LogP contribution in [0.15, 0.2) is 60.7 Å².